The van der Waals surface area contributed by atoms with E-state index in [1.165, 1.54) is 12.1 Å². The van der Waals surface area contributed by atoms with Crippen molar-refractivity contribution >= 4 is 94.6 Å². The van der Waals surface area contributed by atoms with Crippen molar-refractivity contribution in [2.24, 2.45) is 0 Å². The van der Waals surface area contributed by atoms with E-state index in [2.05, 4.69) is 67.8 Å². The van der Waals surface area contributed by atoms with Crippen molar-refractivity contribution in [3.05, 3.63) is 63.8 Å². The maximum Gasteiger partial charge on any atom is 0.345 e. The molecule has 3 aromatic carbocycles. The van der Waals surface area contributed by atoms with Gasteiger partial charge in [0.25, 0.3) is 10.1 Å². The maximum atomic E-state index is 13.3. The third-order valence-electron chi connectivity index (χ3n) is 5.42. The summed E-state index contributed by atoms with van der Waals surface area (Å²) in [6.45, 7) is 0. The predicted octanol–water partition coefficient (Wildman–Crippen LogP) is 6.39. The highest BCUT2D eigenvalue weighted by Gasteiger charge is 2.26. The maximum absolute atomic E-state index is 13.3. The Morgan fingerprint density at radius 2 is 1.45 bits per heavy atom. The first-order valence-corrected chi connectivity index (χ1v) is 14.3. The Hall–Kier alpha value is -0.510. The van der Waals surface area contributed by atoms with Crippen LogP contribution in [0.4, 0.5) is 0 Å². The Morgan fingerprint density at radius 3 is 2.10 bits per heavy atom. The molecule has 0 atom stereocenters. The quantitative estimate of drug-likeness (QED) is 0.0835. The monoisotopic (exact) mass is 774 g/mol. The first kappa shape index (κ1) is 23.6. The fourth-order valence-electron chi connectivity index (χ4n) is 3.97. The Kier molecular flexibility index (Phi) is 7.16. The summed E-state index contributed by atoms with van der Waals surface area (Å²) >= 11 is 6.61. The van der Waals surface area contributed by atoms with Crippen LogP contribution < -0.4 is 4.74 Å². The van der Waals surface area contributed by atoms with E-state index in [9.17, 15) is 17.8 Å². The fourth-order valence-corrected chi connectivity index (χ4v) is 7.74. The molecule has 4 rings (SSSR count). The second-order valence-electron chi connectivity index (χ2n) is 7.31. The molecule has 1 aliphatic rings. The van der Waals surface area contributed by atoms with Crippen LogP contribution in [0, 0.1) is 10.7 Å². The highest BCUT2D eigenvalue weighted by Crippen LogP contribution is 2.37. The molecule has 9 heteroatoms. The lowest BCUT2D eigenvalue weighted by Gasteiger charge is -2.17. The van der Waals surface area contributed by atoms with Crippen molar-refractivity contribution in [1.82, 2.24) is 0 Å². The van der Waals surface area contributed by atoms with E-state index in [4.69, 9.17) is 4.74 Å². The van der Waals surface area contributed by atoms with Gasteiger partial charge in [0.2, 0.25) is 0 Å². The van der Waals surface area contributed by atoms with Gasteiger partial charge in [-0.3, -0.25) is 4.55 Å². The number of hydrogen-bond acceptors (Lipinski definition) is 4. The minimum absolute atomic E-state index is 0.0892. The van der Waals surface area contributed by atoms with Crippen molar-refractivity contribution in [2.75, 3.05) is 0 Å². The van der Waals surface area contributed by atoms with E-state index in [-0.39, 0.29) is 4.90 Å². The van der Waals surface area contributed by atoms with E-state index in [1.54, 1.807) is 0 Å². The summed E-state index contributed by atoms with van der Waals surface area (Å²) in [4.78, 5) is 13.2. The van der Waals surface area contributed by atoms with Gasteiger partial charge in [-0.2, -0.15) is 8.42 Å². The molecule has 3 aromatic rings. The molecule has 0 fully saturated rings. The fraction of sp³-hybridized carbons (Fsp3) is 0.227. The molecule has 0 aliphatic heterocycles. The van der Waals surface area contributed by atoms with Gasteiger partial charge in [0.1, 0.15) is 5.75 Å². The number of rotatable bonds is 3. The van der Waals surface area contributed by atoms with Gasteiger partial charge < -0.3 is 4.74 Å². The van der Waals surface area contributed by atoms with Gasteiger partial charge in [-0.15, -0.1) is 0 Å². The van der Waals surface area contributed by atoms with Gasteiger partial charge in [-0.25, -0.2) is 4.79 Å². The summed E-state index contributed by atoms with van der Waals surface area (Å²) in [7, 11) is -4.35. The Morgan fingerprint density at radius 1 is 0.839 bits per heavy atom. The third-order valence-corrected chi connectivity index (χ3v) is 10.7. The van der Waals surface area contributed by atoms with Crippen LogP contribution in [0.3, 0.4) is 0 Å². The van der Waals surface area contributed by atoms with Crippen LogP contribution in [0.1, 0.15) is 40.7 Å². The highest BCUT2D eigenvalue weighted by molar-refractivity contribution is 14.1. The van der Waals surface area contributed by atoms with E-state index < -0.39 is 16.1 Å². The highest BCUT2D eigenvalue weighted by atomic mass is 127. The molecule has 1 aliphatic carbocycles. The predicted molar refractivity (Wildman–Crippen MR) is 145 cm³/mol. The van der Waals surface area contributed by atoms with Gasteiger partial charge in [0, 0.05) is 10.7 Å². The molecule has 0 spiro atoms. The van der Waals surface area contributed by atoms with Crippen molar-refractivity contribution in [2.45, 2.75) is 37.0 Å². The Balaban J connectivity index is 1.82. The SMILES string of the molecule is O=C(Oc1ccc(S(=O)(=O)O)c2c1CCCCC2)c1c(I)c(I)c2ccccc2c1I. The standard InChI is InChI=1S/C22H17I3O5S/c23-19-14-8-4-5-9-15(14)20(24)21(25)18(19)22(26)30-16-10-11-17(31(27,28)29)13-7-3-1-2-6-12(13)16/h4-5,8-11H,1-3,6-7H2,(H,27,28,29). The number of fused-ring (bicyclic) bond motifs is 2. The second kappa shape index (κ2) is 9.39. The first-order valence-electron chi connectivity index (χ1n) is 9.59. The number of carbonyl (C=O) groups excluding carboxylic acids is 1. The zero-order valence-corrected chi connectivity index (χ0v) is 23.4. The number of halogens is 3. The Labute approximate surface area is 221 Å². The molecular weight excluding hydrogens is 757 g/mol. The lowest BCUT2D eigenvalue weighted by Crippen LogP contribution is -2.16. The van der Waals surface area contributed by atoms with Crippen molar-refractivity contribution in [3.8, 4) is 5.75 Å². The minimum Gasteiger partial charge on any atom is -0.423 e. The third kappa shape index (κ3) is 4.62. The minimum atomic E-state index is -4.35. The molecular formula is C22H17I3O5S. The van der Waals surface area contributed by atoms with E-state index >= 15 is 0 Å². The molecule has 1 N–H and O–H groups in total. The van der Waals surface area contributed by atoms with Gasteiger partial charge in [0.05, 0.1) is 10.5 Å². The molecule has 0 aromatic heterocycles. The molecule has 0 heterocycles. The summed E-state index contributed by atoms with van der Waals surface area (Å²) < 4.78 is 41.9. The van der Waals surface area contributed by atoms with Gasteiger partial charge in [-0.05, 0) is 127 Å². The molecule has 0 bridgehead atoms. The zero-order chi connectivity index (χ0) is 22.3. The van der Waals surface area contributed by atoms with E-state index in [1.807, 2.05) is 24.3 Å². The van der Waals surface area contributed by atoms with Gasteiger partial charge in [-0.1, -0.05) is 30.7 Å². The average Bonchev–Trinajstić information content (AvgIpc) is 2.98. The molecule has 0 radical (unpaired) electrons. The average molecular weight is 774 g/mol. The van der Waals surface area contributed by atoms with Crippen LogP contribution in [0.25, 0.3) is 10.8 Å². The van der Waals surface area contributed by atoms with E-state index in [0.717, 1.165) is 40.7 Å². The number of benzene rings is 3. The molecule has 31 heavy (non-hydrogen) atoms. The van der Waals surface area contributed by atoms with Crippen LogP contribution in [-0.2, 0) is 23.0 Å². The van der Waals surface area contributed by atoms with Crippen molar-refractivity contribution in [1.29, 1.82) is 0 Å². The largest absolute Gasteiger partial charge is 0.423 e. The van der Waals surface area contributed by atoms with Crippen molar-refractivity contribution < 1.29 is 22.5 Å². The topological polar surface area (TPSA) is 80.7 Å². The Bertz CT molecular complexity index is 1320. The number of hydrogen-bond donors (Lipinski definition) is 1. The second-order valence-corrected chi connectivity index (χ2v) is 11.9. The number of ether oxygens (including phenoxy) is 1. The summed E-state index contributed by atoms with van der Waals surface area (Å²) in [5.74, 6) is -0.104. The first-order chi connectivity index (χ1) is 14.7. The zero-order valence-electron chi connectivity index (χ0n) is 16.1. The lowest BCUT2D eigenvalue weighted by atomic mass is 10.0. The molecule has 0 saturated heterocycles. The number of carbonyl (C=O) groups is 1. The van der Waals surface area contributed by atoms with Crippen LogP contribution in [0.15, 0.2) is 41.3 Å². The number of esters is 1. The molecule has 5 nitrogen and oxygen atoms in total. The normalized spacial score (nSPS) is 14.2. The van der Waals surface area contributed by atoms with Crippen LogP contribution >= 0.6 is 67.8 Å². The summed E-state index contributed by atoms with van der Waals surface area (Å²) in [5, 5.41) is 2.07. The van der Waals surface area contributed by atoms with Crippen LogP contribution in [0.2, 0.25) is 0 Å². The van der Waals surface area contributed by atoms with Crippen LogP contribution in [-0.4, -0.2) is 18.9 Å². The molecule has 0 saturated carbocycles. The summed E-state index contributed by atoms with van der Waals surface area (Å²) in [6.07, 6.45) is 3.77. The molecule has 162 valence electrons. The van der Waals surface area contributed by atoms with Gasteiger partial charge in [0.15, 0.2) is 0 Å². The molecule has 0 unspecified atom stereocenters. The van der Waals surface area contributed by atoms with Crippen LogP contribution in [0.5, 0.6) is 5.75 Å². The summed E-state index contributed by atoms with van der Waals surface area (Å²) in [5.41, 5.74) is 1.76. The smallest absolute Gasteiger partial charge is 0.345 e. The molecule has 0 amide bonds. The lowest BCUT2D eigenvalue weighted by molar-refractivity contribution is 0.0731. The van der Waals surface area contributed by atoms with E-state index in [0.29, 0.717) is 35.3 Å². The van der Waals surface area contributed by atoms with Crippen molar-refractivity contribution in [3.63, 3.8) is 0 Å². The van der Waals surface area contributed by atoms with Gasteiger partial charge >= 0.3 is 5.97 Å². The summed E-state index contributed by atoms with van der Waals surface area (Å²) in [6, 6.07) is 10.7.